The van der Waals surface area contributed by atoms with E-state index in [0.717, 1.165) is 29.6 Å². The molecule has 2 fully saturated rings. The lowest BCUT2D eigenvalue weighted by Gasteiger charge is -2.43. The van der Waals surface area contributed by atoms with Crippen LogP contribution in [0.1, 0.15) is 92.9 Å². The molecule has 2 aliphatic heterocycles. The molecule has 10 nitrogen and oxygen atoms in total. The number of piperidine rings is 1. The maximum atomic E-state index is 13.3. The van der Waals surface area contributed by atoms with E-state index in [1.165, 1.54) is 4.90 Å². The van der Waals surface area contributed by atoms with Crippen LogP contribution < -0.4 is 0 Å². The predicted octanol–water partition coefficient (Wildman–Crippen LogP) is 4.11. The second-order valence-electron chi connectivity index (χ2n) is 14.8. The molecular weight excluding hydrogens is 626 g/mol. The number of amides is 1. The number of aliphatic hydroxyl groups excluding tert-OH is 4. The standard InChI is InChI=1S/C39H59NO9/c1-24(10-14-32(42)27(4)20-25(2)19-26(3)21-30-13-16-34(44)35(45)22-30)11-15-33(43)29(6)36-17-12-28(5)39(48,49-36)37(46)38(47)40-18-8-7-9-31(40)23-41/h11,13,15-16,20-25,28-29,31-36,42-45,48H,7-10,12,14,17-19H2,1-6H3/b15-11+,26-21+,27-20+. The number of aldehydes is 1. The summed E-state index contributed by atoms with van der Waals surface area (Å²) >= 11 is 0. The van der Waals surface area contributed by atoms with Crippen molar-refractivity contribution < 1.29 is 44.7 Å². The molecule has 49 heavy (non-hydrogen) atoms. The van der Waals surface area contributed by atoms with E-state index in [1.54, 1.807) is 38.2 Å². The van der Waals surface area contributed by atoms with Crippen LogP contribution in [0.25, 0.3) is 0 Å². The van der Waals surface area contributed by atoms with E-state index in [2.05, 4.69) is 13.0 Å². The largest absolute Gasteiger partial charge is 0.389 e. The first-order valence-electron chi connectivity index (χ1n) is 17.9. The number of hydrogen-bond acceptors (Lipinski definition) is 9. The molecule has 0 aromatic heterocycles. The third-order valence-electron chi connectivity index (χ3n) is 10.4. The molecule has 3 aliphatic rings. The number of ketones is 1. The van der Waals surface area contributed by atoms with Gasteiger partial charge in [-0.1, -0.05) is 69.7 Å². The van der Waals surface area contributed by atoms with Gasteiger partial charge in [-0.05, 0) is 94.3 Å². The number of aliphatic hydroxyl groups is 5. The number of ether oxygens (including phenoxy) is 1. The Morgan fingerprint density at radius 2 is 1.73 bits per heavy atom. The lowest BCUT2D eigenvalue weighted by molar-refractivity contribution is -0.272. The molecule has 10 heteroatoms. The monoisotopic (exact) mass is 685 g/mol. The highest BCUT2D eigenvalue weighted by Gasteiger charge is 2.53. The van der Waals surface area contributed by atoms with Gasteiger partial charge in [0.15, 0.2) is 0 Å². The van der Waals surface area contributed by atoms with Gasteiger partial charge in [0.1, 0.15) is 18.5 Å². The van der Waals surface area contributed by atoms with E-state index in [-0.39, 0.29) is 18.4 Å². The first kappa shape index (κ1) is 40.7. The molecule has 0 radical (unpaired) electrons. The Morgan fingerprint density at radius 1 is 1.02 bits per heavy atom. The summed E-state index contributed by atoms with van der Waals surface area (Å²) in [6.45, 7) is 11.8. The zero-order valence-corrected chi connectivity index (χ0v) is 30.1. The van der Waals surface area contributed by atoms with Crippen molar-refractivity contribution in [3.63, 3.8) is 0 Å². The minimum absolute atomic E-state index is 0.0660. The van der Waals surface area contributed by atoms with Crippen molar-refractivity contribution in [1.29, 1.82) is 0 Å². The van der Waals surface area contributed by atoms with Gasteiger partial charge in [0.2, 0.25) is 5.79 Å². The average molecular weight is 686 g/mol. The SMILES string of the molecule is C/C(=C\C1=CC(O)C(O)C=C1)CC(C)/C=C(\C)C(O)CCC(C)/C=C/C(O)C(C)C1CCC(C)C(O)(C(=O)C(=O)N2CCCCC2C=O)O1. The number of allylic oxidation sites excluding steroid dienone is 6. The van der Waals surface area contributed by atoms with Crippen LogP contribution in [0.15, 0.2) is 59.3 Å². The maximum absolute atomic E-state index is 13.3. The molecule has 0 bridgehead atoms. The fourth-order valence-electron chi connectivity index (χ4n) is 6.98. The first-order chi connectivity index (χ1) is 23.1. The Bertz CT molecular complexity index is 1300. The Balaban J connectivity index is 1.50. The van der Waals surface area contributed by atoms with E-state index in [9.17, 15) is 39.9 Å². The zero-order valence-electron chi connectivity index (χ0n) is 30.1. The van der Waals surface area contributed by atoms with Crippen molar-refractivity contribution in [2.24, 2.45) is 23.7 Å². The quantitative estimate of drug-likeness (QED) is 0.0970. The van der Waals surface area contributed by atoms with Crippen LogP contribution in [0, 0.1) is 23.7 Å². The summed E-state index contributed by atoms with van der Waals surface area (Å²) in [6, 6.07) is -0.685. The van der Waals surface area contributed by atoms with Gasteiger partial charge in [-0.3, -0.25) is 9.59 Å². The summed E-state index contributed by atoms with van der Waals surface area (Å²) in [7, 11) is 0. The number of Topliss-reactive ketones (excluding diaryl/α,β-unsaturated/α-hetero) is 1. The van der Waals surface area contributed by atoms with Crippen molar-refractivity contribution in [1.82, 2.24) is 4.90 Å². The van der Waals surface area contributed by atoms with Crippen LogP contribution in [0.2, 0.25) is 0 Å². The molecule has 0 aromatic rings. The lowest BCUT2D eigenvalue weighted by atomic mass is 9.82. The summed E-state index contributed by atoms with van der Waals surface area (Å²) in [4.78, 5) is 39.2. The van der Waals surface area contributed by atoms with Crippen LogP contribution in [0.4, 0.5) is 0 Å². The molecule has 1 amide bonds. The third-order valence-corrected chi connectivity index (χ3v) is 10.4. The predicted molar refractivity (Wildman–Crippen MR) is 188 cm³/mol. The molecule has 5 N–H and O–H groups in total. The summed E-state index contributed by atoms with van der Waals surface area (Å²) < 4.78 is 5.93. The van der Waals surface area contributed by atoms with Crippen LogP contribution in [-0.2, 0) is 19.1 Å². The normalized spacial score (nSPS) is 31.5. The number of hydrogen-bond donors (Lipinski definition) is 5. The van der Waals surface area contributed by atoms with Gasteiger partial charge in [-0.15, -0.1) is 0 Å². The molecule has 3 rings (SSSR count). The molecule has 11 unspecified atom stereocenters. The topological polar surface area (TPSA) is 165 Å². The van der Waals surface area contributed by atoms with E-state index in [0.29, 0.717) is 44.8 Å². The summed E-state index contributed by atoms with van der Waals surface area (Å²) in [5, 5.41) is 52.7. The molecule has 2 heterocycles. The zero-order chi connectivity index (χ0) is 36.5. The highest BCUT2D eigenvalue weighted by atomic mass is 16.6. The lowest BCUT2D eigenvalue weighted by Crippen LogP contribution is -2.60. The Kier molecular flexibility index (Phi) is 15.4. The van der Waals surface area contributed by atoms with Gasteiger partial charge in [0.25, 0.3) is 11.7 Å². The Hall–Kier alpha value is -2.73. The van der Waals surface area contributed by atoms with Gasteiger partial charge >= 0.3 is 0 Å². The van der Waals surface area contributed by atoms with E-state index >= 15 is 0 Å². The molecule has 1 aliphatic carbocycles. The molecule has 274 valence electrons. The molecule has 2 saturated heterocycles. The van der Waals surface area contributed by atoms with Gasteiger partial charge in [0.05, 0.1) is 24.4 Å². The number of nitrogens with zero attached hydrogens (tertiary/aromatic N) is 1. The van der Waals surface area contributed by atoms with Crippen molar-refractivity contribution in [2.75, 3.05) is 6.54 Å². The first-order valence-corrected chi connectivity index (χ1v) is 17.9. The molecular formula is C39H59NO9. The number of carbonyl (C=O) groups is 3. The fraction of sp³-hybridized carbons (Fsp3) is 0.667. The van der Waals surface area contributed by atoms with Crippen molar-refractivity contribution in [3.8, 4) is 0 Å². The third kappa shape index (κ3) is 11.1. The summed E-state index contributed by atoms with van der Waals surface area (Å²) in [6.07, 6.45) is 14.3. The Labute approximate surface area is 291 Å². The number of rotatable bonds is 15. The molecule has 0 aromatic carbocycles. The summed E-state index contributed by atoms with van der Waals surface area (Å²) in [5.74, 6) is -5.15. The maximum Gasteiger partial charge on any atom is 0.296 e. The number of likely N-dealkylation sites (tertiary alicyclic amines) is 1. The smallest absolute Gasteiger partial charge is 0.296 e. The second kappa shape index (κ2) is 18.5. The van der Waals surface area contributed by atoms with Gasteiger partial charge in [-0.25, -0.2) is 0 Å². The van der Waals surface area contributed by atoms with E-state index < -0.39 is 65.9 Å². The van der Waals surface area contributed by atoms with Gasteiger partial charge < -0.3 is 40.0 Å². The van der Waals surface area contributed by atoms with E-state index in [4.69, 9.17) is 4.74 Å². The average Bonchev–Trinajstić information content (AvgIpc) is 3.07. The second-order valence-corrected chi connectivity index (χ2v) is 14.8. The highest BCUT2D eigenvalue weighted by Crippen LogP contribution is 2.37. The Morgan fingerprint density at radius 3 is 2.41 bits per heavy atom. The fourth-order valence-corrected chi connectivity index (χ4v) is 6.98. The van der Waals surface area contributed by atoms with Crippen LogP contribution in [0.5, 0.6) is 0 Å². The molecule has 0 saturated carbocycles. The highest BCUT2D eigenvalue weighted by molar-refractivity contribution is 6.39. The van der Waals surface area contributed by atoms with Gasteiger partial charge in [-0.2, -0.15) is 0 Å². The van der Waals surface area contributed by atoms with Crippen molar-refractivity contribution >= 4 is 18.0 Å². The number of carbonyl (C=O) groups excluding carboxylic acids is 3. The van der Waals surface area contributed by atoms with E-state index in [1.807, 2.05) is 32.9 Å². The van der Waals surface area contributed by atoms with Gasteiger partial charge in [0, 0.05) is 18.4 Å². The van der Waals surface area contributed by atoms with Crippen molar-refractivity contribution in [3.05, 3.63) is 59.3 Å². The van der Waals surface area contributed by atoms with Crippen LogP contribution in [-0.4, -0.2) is 97.3 Å². The summed E-state index contributed by atoms with van der Waals surface area (Å²) in [5.41, 5.74) is 2.88. The van der Waals surface area contributed by atoms with Crippen molar-refractivity contribution in [2.45, 2.75) is 135 Å². The van der Waals surface area contributed by atoms with Crippen LogP contribution >= 0.6 is 0 Å². The molecule has 0 spiro atoms. The minimum Gasteiger partial charge on any atom is -0.389 e. The van der Waals surface area contributed by atoms with Crippen LogP contribution in [0.3, 0.4) is 0 Å². The molecule has 11 atom stereocenters. The minimum atomic E-state index is -2.33.